The number of carbonyl (C=O) groups is 2. The highest BCUT2D eigenvalue weighted by Gasteiger charge is 2.54. The van der Waals surface area contributed by atoms with Crippen molar-refractivity contribution in [3.8, 4) is 6.07 Å². The maximum absolute atomic E-state index is 11.1. The van der Waals surface area contributed by atoms with E-state index in [9.17, 15) is 9.59 Å². The smallest absolute Gasteiger partial charge is 0.407 e. The Kier molecular flexibility index (Phi) is 2.26. The molecule has 86 valence electrons. The molecule has 2 fully saturated rings. The number of rotatable bonds is 1. The largest absolute Gasteiger partial charge is 0.480 e. The van der Waals surface area contributed by atoms with Crippen molar-refractivity contribution >= 4 is 12.1 Å². The second kappa shape index (κ2) is 3.37. The standard InChI is InChI=1S/C10H12N2O4/c11-5-10(8(13)14)3-6-1-2-7(4-10)12(6)9(15)16/h6-7H,1-4H2,(H,13,14)(H,15,16)/t6-,7+,10?. The van der Waals surface area contributed by atoms with Crippen LogP contribution in [0.3, 0.4) is 0 Å². The molecule has 0 radical (unpaired) electrons. The van der Waals surface area contributed by atoms with Gasteiger partial charge in [0.2, 0.25) is 0 Å². The Bertz CT molecular complexity index is 373. The maximum Gasteiger partial charge on any atom is 0.407 e. The van der Waals surface area contributed by atoms with Crippen LogP contribution in [0.25, 0.3) is 0 Å². The summed E-state index contributed by atoms with van der Waals surface area (Å²) < 4.78 is 0. The number of hydrogen-bond acceptors (Lipinski definition) is 3. The van der Waals surface area contributed by atoms with E-state index in [2.05, 4.69) is 0 Å². The highest BCUT2D eigenvalue weighted by atomic mass is 16.4. The second-order valence-corrected chi connectivity index (χ2v) is 4.48. The van der Waals surface area contributed by atoms with E-state index in [0.29, 0.717) is 12.8 Å². The lowest BCUT2D eigenvalue weighted by Gasteiger charge is -2.39. The molecule has 2 aliphatic heterocycles. The topological polar surface area (TPSA) is 102 Å². The van der Waals surface area contributed by atoms with Crippen molar-refractivity contribution in [3.05, 3.63) is 0 Å². The average molecular weight is 224 g/mol. The van der Waals surface area contributed by atoms with Crippen molar-refractivity contribution in [2.45, 2.75) is 37.8 Å². The van der Waals surface area contributed by atoms with Crippen LogP contribution < -0.4 is 0 Å². The molecular weight excluding hydrogens is 212 g/mol. The Hall–Kier alpha value is -1.77. The number of piperidine rings is 1. The first kappa shape index (κ1) is 10.7. The molecule has 0 aromatic carbocycles. The molecule has 1 unspecified atom stereocenters. The van der Waals surface area contributed by atoms with Gasteiger partial charge in [-0.3, -0.25) is 4.79 Å². The summed E-state index contributed by atoms with van der Waals surface area (Å²) in [4.78, 5) is 23.4. The number of nitriles is 1. The Morgan fingerprint density at radius 3 is 2.06 bits per heavy atom. The zero-order valence-corrected chi connectivity index (χ0v) is 8.59. The second-order valence-electron chi connectivity index (χ2n) is 4.48. The van der Waals surface area contributed by atoms with E-state index in [-0.39, 0.29) is 24.9 Å². The summed E-state index contributed by atoms with van der Waals surface area (Å²) in [6, 6.07) is 1.23. The fourth-order valence-corrected chi connectivity index (χ4v) is 2.88. The minimum atomic E-state index is -1.39. The Labute approximate surface area is 92.1 Å². The van der Waals surface area contributed by atoms with E-state index < -0.39 is 17.5 Å². The predicted molar refractivity (Wildman–Crippen MR) is 51.6 cm³/mol. The molecule has 6 heteroatoms. The monoisotopic (exact) mass is 224 g/mol. The number of fused-ring (bicyclic) bond motifs is 2. The summed E-state index contributed by atoms with van der Waals surface area (Å²) in [6.45, 7) is 0. The van der Waals surface area contributed by atoms with Crippen LogP contribution >= 0.6 is 0 Å². The van der Waals surface area contributed by atoms with Gasteiger partial charge in [-0.15, -0.1) is 0 Å². The molecule has 2 saturated heterocycles. The van der Waals surface area contributed by atoms with Crippen molar-refractivity contribution in [3.63, 3.8) is 0 Å². The van der Waals surface area contributed by atoms with Gasteiger partial charge in [-0.2, -0.15) is 5.26 Å². The highest BCUT2D eigenvalue weighted by Crippen LogP contribution is 2.45. The SMILES string of the molecule is N#CC1(C(=O)O)C[C@H]2CC[C@@H](C1)N2C(=O)O. The van der Waals surface area contributed by atoms with E-state index in [4.69, 9.17) is 15.5 Å². The van der Waals surface area contributed by atoms with Crippen molar-refractivity contribution in [2.24, 2.45) is 5.41 Å². The normalized spacial score (nSPS) is 36.8. The molecule has 3 atom stereocenters. The van der Waals surface area contributed by atoms with Gasteiger partial charge in [0.15, 0.2) is 5.41 Å². The van der Waals surface area contributed by atoms with Crippen molar-refractivity contribution in [1.82, 2.24) is 4.90 Å². The summed E-state index contributed by atoms with van der Waals surface area (Å²) in [5, 5.41) is 27.1. The van der Waals surface area contributed by atoms with Crippen LogP contribution in [0, 0.1) is 16.7 Å². The van der Waals surface area contributed by atoms with E-state index in [1.54, 1.807) is 0 Å². The summed E-state index contributed by atoms with van der Waals surface area (Å²) in [5.74, 6) is -1.13. The molecule has 2 heterocycles. The molecule has 2 N–H and O–H groups in total. The number of carboxylic acids is 1. The summed E-state index contributed by atoms with van der Waals surface area (Å²) in [6.07, 6.45) is 0.536. The molecule has 0 spiro atoms. The third-order valence-corrected chi connectivity index (χ3v) is 3.63. The van der Waals surface area contributed by atoms with Gasteiger partial charge < -0.3 is 15.1 Å². The van der Waals surface area contributed by atoms with Crippen LogP contribution in [0.4, 0.5) is 4.79 Å². The van der Waals surface area contributed by atoms with Gasteiger partial charge in [0.1, 0.15) is 0 Å². The fourth-order valence-electron chi connectivity index (χ4n) is 2.88. The molecule has 2 aliphatic rings. The first-order valence-electron chi connectivity index (χ1n) is 5.16. The first-order valence-corrected chi connectivity index (χ1v) is 5.16. The average Bonchev–Trinajstić information content (AvgIpc) is 2.50. The molecule has 6 nitrogen and oxygen atoms in total. The fraction of sp³-hybridized carbons (Fsp3) is 0.700. The Morgan fingerprint density at radius 2 is 1.75 bits per heavy atom. The lowest BCUT2D eigenvalue weighted by atomic mass is 9.76. The highest BCUT2D eigenvalue weighted by molar-refractivity contribution is 5.79. The lowest BCUT2D eigenvalue weighted by molar-refractivity contribution is -0.149. The summed E-state index contributed by atoms with van der Waals surface area (Å²) >= 11 is 0. The van der Waals surface area contributed by atoms with Gasteiger partial charge in [0.05, 0.1) is 6.07 Å². The zero-order chi connectivity index (χ0) is 11.9. The van der Waals surface area contributed by atoms with E-state index in [1.165, 1.54) is 4.90 Å². The summed E-state index contributed by atoms with van der Waals surface area (Å²) in [7, 11) is 0. The minimum Gasteiger partial charge on any atom is -0.480 e. The van der Waals surface area contributed by atoms with Crippen molar-refractivity contribution in [2.75, 3.05) is 0 Å². The van der Waals surface area contributed by atoms with Gasteiger partial charge in [-0.25, -0.2) is 4.79 Å². The molecule has 2 rings (SSSR count). The number of nitrogens with zero attached hydrogens (tertiary/aromatic N) is 2. The molecule has 0 aromatic rings. The van der Waals surface area contributed by atoms with E-state index in [1.807, 2.05) is 6.07 Å². The van der Waals surface area contributed by atoms with Gasteiger partial charge in [0, 0.05) is 12.1 Å². The lowest BCUT2D eigenvalue weighted by Crippen LogP contribution is -2.51. The van der Waals surface area contributed by atoms with Crippen LogP contribution in [0.5, 0.6) is 0 Å². The molecule has 16 heavy (non-hydrogen) atoms. The number of carboxylic acid groups (broad SMARTS) is 2. The first-order chi connectivity index (χ1) is 7.50. The molecular formula is C10H12N2O4. The van der Waals surface area contributed by atoms with Gasteiger partial charge in [0.25, 0.3) is 0 Å². The molecule has 0 saturated carbocycles. The van der Waals surface area contributed by atoms with Crippen LogP contribution in [0.15, 0.2) is 0 Å². The number of aliphatic carboxylic acids is 1. The quantitative estimate of drug-likeness (QED) is 0.688. The van der Waals surface area contributed by atoms with Crippen molar-refractivity contribution in [1.29, 1.82) is 5.26 Å². The van der Waals surface area contributed by atoms with Gasteiger partial charge in [-0.1, -0.05) is 0 Å². The van der Waals surface area contributed by atoms with Crippen LogP contribution in [0.2, 0.25) is 0 Å². The predicted octanol–water partition coefficient (Wildman–Crippen LogP) is 0.886. The third-order valence-electron chi connectivity index (χ3n) is 3.63. The minimum absolute atomic E-state index is 0.113. The van der Waals surface area contributed by atoms with Crippen LogP contribution in [-0.4, -0.2) is 39.3 Å². The van der Waals surface area contributed by atoms with Crippen LogP contribution in [0.1, 0.15) is 25.7 Å². The Balaban J connectivity index is 2.28. The zero-order valence-electron chi connectivity index (χ0n) is 8.59. The third kappa shape index (κ3) is 1.32. The van der Waals surface area contributed by atoms with Gasteiger partial charge in [-0.05, 0) is 25.7 Å². The molecule has 1 amide bonds. The maximum atomic E-state index is 11.1. The van der Waals surface area contributed by atoms with Gasteiger partial charge >= 0.3 is 12.1 Å². The molecule has 0 aliphatic carbocycles. The molecule has 2 bridgehead atoms. The summed E-state index contributed by atoms with van der Waals surface area (Å²) in [5.41, 5.74) is -1.39. The van der Waals surface area contributed by atoms with E-state index in [0.717, 1.165) is 0 Å². The number of amides is 1. The molecule has 0 aromatic heterocycles. The Morgan fingerprint density at radius 1 is 1.25 bits per heavy atom. The number of hydrogen-bond donors (Lipinski definition) is 2. The van der Waals surface area contributed by atoms with E-state index >= 15 is 0 Å². The van der Waals surface area contributed by atoms with Crippen LogP contribution in [-0.2, 0) is 4.79 Å². The van der Waals surface area contributed by atoms with Crippen molar-refractivity contribution < 1.29 is 19.8 Å².